The zero-order chi connectivity index (χ0) is 12.0. The van der Waals surface area contributed by atoms with Crippen LogP contribution in [-0.4, -0.2) is 11.5 Å². The molecule has 1 N–H and O–H groups in total. The van der Waals surface area contributed by atoms with Gasteiger partial charge in [-0.05, 0) is 13.0 Å². The molecule has 0 atom stereocenters. The lowest BCUT2D eigenvalue weighted by Gasteiger charge is -2.04. The summed E-state index contributed by atoms with van der Waals surface area (Å²) in [6, 6.07) is 4.64. The van der Waals surface area contributed by atoms with Gasteiger partial charge in [0.15, 0.2) is 0 Å². The molecule has 0 unspecified atom stereocenters. The maximum absolute atomic E-state index is 10.8. The summed E-state index contributed by atoms with van der Waals surface area (Å²) in [7, 11) is 0. The van der Waals surface area contributed by atoms with E-state index in [-0.39, 0.29) is 5.69 Å². The highest BCUT2D eigenvalue weighted by Gasteiger charge is 2.15. The number of nitro benzene ring substituents is 1. The first-order chi connectivity index (χ1) is 7.66. The third-order valence-corrected chi connectivity index (χ3v) is 2.34. The van der Waals surface area contributed by atoms with Crippen LogP contribution in [-0.2, 0) is 6.54 Å². The fourth-order valence-corrected chi connectivity index (χ4v) is 1.47. The van der Waals surface area contributed by atoms with Crippen molar-refractivity contribution in [3.8, 4) is 11.8 Å². The standard InChI is InChI=1S/C11H11ClN2O2/c1-2-3-7-13-8-9-10(12)5-4-6-11(9)14(15)16/h4-6,13H,7-8H2,1H3. The van der Waals surface area contributed by atoms with Crippen LogP contribution in [0.25, 0.3) is 0 Å². The SMILES string of the molecule is CC#CCNCc1c(Cl)cccc1[N+](=O)[O-]. The van der Waals surface area contributed by atoms with Gasteiger partial charge in [-0.3, -0.25) is 10.1 Å². The Bertz CT molecular complexity index is 449. The van der Waals surface area contributed by atoms with Crippen LogP contribution in [0.15, 0.2) is 18.2 Å². The molecular formula is C11H11ClN2O2. The molecule has 1 rings (SSSR count). The highest BCUT2D eigenvalue weighted by molar-refractivity contribution is 6.31. The molecule has 84 valence electrons. The fraction of sp³-hybridized carbons (Fsp3) is 0.273. The minimum absolute atomic E-state index is 0.0319. The number of benzene rings is 1. The maximum atomic E-state index is 10.8. The third-order valence-electron chi connectivity index (χ3n) is 1.98. The van der Waals surface area contributed by atoms with Crippen LogP contribution in [0.2, 0.25) is 5.02 Å². The lowest BCUT2D eigenvalue weighted by molar-refractivity contribution is -0.385. The van der Waals surface area contributed by atoms with E-state index in [9.17, 15) is 10.1 Å². The van der Waals surface area contributed by atoms with Crippen molar-refractivity contribution in [1.82, 2.24) is 5.32 Å². The first-order valence-electron chi connectivity index (χ1n) is 4.69. The fourth-order valence-electron chi connectivity index (χ4n) is 1.23. The molecule has 0 aliphatic heterocycles. The van der Waals surface area contributed by atoms with Crippen molar-refractivity contribution in [2.75, 3.05) is 6.54 Å². The average Bonchev–Trinajstić information content (AvgIpc) is 2.25. The van der Waals surface area contributed by atoms with E-state index in [1.54, 1.807) is 19.1 Å². The molecule has 1 aromatic carbocycles. The summed E-state index contributed by atoms with van der Waals surface area (Å²) in [4.78, 5) is 10.3. The molecular weight excluding hydrogens is 228 g/mol. The number of halogens is 1. The molecule has 0 aromatic heterocycles. The van der Waals surface area contributed by atoms with Crippen molar-refractivity contribution in [3.63, 3.8) is 0 Å². The van der Waals surface area contributed by atoms with Crippen molar-refractivity contribution in [3.05, 3.63) is 38.9 Å². The van der Waals surface area contributed by atoms with Crippen LogP contribution in [0.3, 0.4) is 0 Å². The third kappa shape index (κ3) is 3.23. The molecule has 0 amide bonds. The van der Waals surface area contributed by atoms with E-state index in [0.717, 1.165) is 0 Å². The largest absolute Gasteiger partial charge is 0.302 e. The second kappa shape index (κ2) is 6.11. The number of rotatable bonds is 4. The van der Waals surface area contributed by atoms with Gasteiger partial charge in [-0.2, -0.15) is 0 Å². The number of nitrogens with one attached hydrogen (secondary N) is 1. The van der Waals surface area contributed by atoms with Gasteiger partial charge in [0.05, 0.1) is 22.1 Å². The van der Waals surface area contributed by atoms with Crippen molar-refractivity contribution < 1.29 is 4.92 Å². The van der Waals surface area contributed by atoms with Crippen LogP contribution in [0.4, 0.5) is 5.69 Å². The van der Waals surface area contributed by atoms with E-state index >= 15 is 0 Å². The lowest BCUT2D eigenvalue weighted by Crippen LogP contribution is -2.14. The number of hydrogen-bond acceptors (Lipinski definition) is 3. The van der Waals surface area contributed by atoms with Gasteiger partial charge in [-0.25, -0.2) is 0 Å². The molecule has 0 aliphatic carbocycles. The van der Waals surface area contributed by atoms with Gasteiger partial charge in [0.2, 0.25) is 0 Å². The highest BCUT2D eigenvalue weighted by atomic mass is 35.5. The van der Waals surface area contributed by atoms with E-state index < -0.39 is 4.92 Å². The molecule has 0 saturated heterocycles. The van der Waals surface area contributed by atoms with Crippen LogP contribution >= 0.6 is 11.6 Å². The van der Waals surface area contributed by atoms with Gasteiger partial charge < -0.3 is 5.32 Å². The normalized spacial score (nSPS) is 9.38. The Hall–Kier alpha value is -1.57. The Morgan fingerprint density at radius 1 is 1.56 bits per heavy atom. The molecule has 0 aliphatic rings. The molecule has 0 radical (unpaired) electrons. The zero-order valence-electron chi connectivity index (χ0n) is 8.79. The predicted octanol–water partition coefficient (Wildman–Crippen LogP) is 2.36. The molecule has 4 nitrogen and oxygen atoms in total. The van der Waals surface area contributed by atoms with Crippen LogP contribution < -0.4 is 5.32 Å². The number of nitrogens with zero attached hydrogens (tertiary/aromatic N) is 1. The van der Waals surface area contributed by atoms with E-state index in [1.165, 1.54) is 6.07 Å². The molecule has 0 fully saturated rings. The van der Waals surface area contributed by atoms with Crippen molar-refractivity contribution >= 4 is 17.3 Å². The van der Waals surface area contributed by atoms with Crippen molar-refractivity contribution in [1.29, 1.82) is 0 Å². The maximum Gasteiger partial charge on any atom is 0.275 e. The van der Waals surface area contributed by atoms with Gasteiger partial charge in [-0.15, -0.1) is 5.92 Å². The van der Waals surface area contributed by atoms with Gasteiger partial charge in [-0.1, -0.05) is 23.6 Å². The van der Waals surface area contributed by atoms with Gasteiger partial charge >= 0.3 is 0 Å². The average molecular weight is 239 g/mol. The molecule has 0 bridgehead atoms. The van der Waals surface area contributed by atoms with E-state index in [1.807, 2.05) is 0 Å². The summed E-state index contributed by atoms with van der Waals surface area (Å²) >= 11 is 5.91. The molecule has 16 heavy (non-hydrogen) atoms. The second-order valence-electron chi connectivity index (χ2n) is 3.02. The van der Waals surface area contributed by atoms with Gasteiger partial charge in [0.25, 0.3) is 5.69 Å². The lowest BCUT2D eigenvalue weighted by atomic mass is 10.2. The summed E-state index contributed by atoms with van der Waals surface area (Å²) in [5.74, 6) is 5.54. The van der Waals surface area contributed by atoms with Crippen molar-refractivity contribution in [2.24, 2.45) is 0 Å². The minimum atomic E-state index is -0.436. The summed E-state index contributed by atoms with van der Waals surface area (Å²) in [5.41, 5.74) is 0.525. The second-order valence-corrected chi connectivity index (χ2v) is 3.43. The topological polar surface area (TPSA) is 55.2 Å². The zero-order valence-corrected chi connectivity index (χ0v) is 9.54. The monoisotopic (exact) mass is 238 g/mol. The summed E-state index contributed by atoms with van der Waals surface area (Å²) in [5, 5.41) is 14.1. The smallest absolute Gasteiger partial charge is 0.275 e. The van der Waals surface area contributed by atoms with Crippen LogP contribution in [0.5, 0.6) is 0 Å². The number of nitro groups is 1. The van der Waals surface area contributed by atoms with Gasteiger partial charge in [0, 0.05) is 12.6 Å². The quantitative estimate of drug-likeness (QED) is 0.379. The molecule has 5 heteroatoms. The summed E-state index contributed by atoms with van der Waals surface area (Å²) in [6.45, 7) is 2.56. The highest BCUT2D eigenvalue weighted by Crippen LogP contribution is 2.25. The van der Waals surface area contributed by atoms with Gasteiger partial charge in [0.1, 0.15) is 0 Å². The molecule has 0 heterocycles. The molecule has 1 aromatic rings. The van der Waals surface area contributed by atoms with E-state index in [2.05, 4.69) is 17.2 Å². The Balaban J connectivity index is 2.83. The van der Waals surface area contributed by atoms with Crippen LogP contribution in [0.1, 0.15) is 12.5 Å². The van der Waals surface area contributed by atoms with E-state index in [4.69, 9.17) is 11.6 Å². The Kier molecular flexibility index (Phi) is 4.77. The Morgan fingerprint density at radius 2 is 2.31 bits per heavy atom. The Labute approximate surface area is 98.8 Å². The van der Waals surface area contributed by atoms with Crippen molar-refractivity contribution in [2.45, 2.75) is 13.5 Å². The molecule has 0 spiro atoms. The Morgan fingerprint density at radius 3 is 2.94 bits per heavy atom. The van der Waals surface area contributed by atoms with Crippen LogP contribution in [0, 0.1) is 22.0 Å². The summed E-state index contributed by atoms with van der Waals surface area (Å²) < 4.78 is 0. The first-order valence-corrected chi connectivity index (χ1v) is 5.06. The minimum Gasteiger partial charge on any atom is -0.302 e. The first kappa shape index (κ1) is 12.5. The van der Waals surface area contributed by atoms with E-state index in [0.29, 0.717) is 23.7 Å². The summed E-state index contributed by atoms with van der Waals surface area (Å²) in [6.07, 6.45) is 0. The number of hydrogen-bond donors (Lipinski definition) is 1. The molecule has 0 saturated carbocycles. The predicted molar refractivity (Wildman–Crippen MR) is 63.3 cm³/mol.